The maximum absolute atomic E-state index is 11.4. The Morgan fingerprint density at radius 1 is 1.21 bits per heavy atom. The summed E-state index contributed by atoms with van der Waals surface area (Å²) < 4.78 is 0. The first-order valence-electron chi connectivity index (χ1n) is 5.57. The van der Waals surface area contributed by atoms with Crippen LogP contribution in [0.15, 0.2) is 0 Å². The predicted octanol–water partition coefficient (Wildman–Crippen LogP) is 2.36. The van der Waals surface area contributed by atoms with E-state index in [0.29, 0.717) is 6.42 Å². The van der Waals surface area contributed by atoms with Gasteiger partial charge in [0, 0.05) is 0 Å². The Bertz CT molecular complexity index is 178. The van der Waals surface area contributed by atoms with E-state index in [2.05, 4.69) is 4.90 Å². The molecule has 0 radical (unpaired) electrons. The highest BCUT2D eigenvalue weighted by Gasteiger charge is 2.40. The molecule has 0 saturated heterocycles. The van der Waals surface area contributed by atoms with Crippen molar-refractivity contribution in [2.24, 2.45) is 0 Å². The summed E-state index contributed by atoms with van der Waals surface area (Å²) in [5.41, 5.74) is -0.641. The van der Waals surface area contributed by atoms with Gasteiger partial charge < -0.3 is 5.11 Å². The Labute approximate surface area is 87.1 Å². The van der Waals surface area contributed by atoms with Gasteiger partial charge in [-0.2, -0.15) is 0 Å². The molecule has 14 heavy (non-hydrogen) atoms. The summed E-state index contributed by atoms with van der Waals surface area (Å²) in [6.45, 7) is 9.64. The van der Waals surface area contributed by atoms with Gasteiger partial charge in [0.05, 0.1) is 0 Å². The van der Waals surface area contributed by atoms with Gasteiger partial charge >= 0.3 is 5.97 Å². The summed E-state index contributed by atoms with van der Waals surface area (Å²) in [7, 11) is 0. The lowest BCUT2D eigenvalue weighted by Crippen LogP contribution is -2.54. The molecule has 1 N–H and O–H groups in total. The third-order valence-corrected chi connectivity index (χ3v) is 3.02. The second-order valence-electron chi connectivity index (χ2n) is 3.61. The number of carboxylic acids is 1. The second kappa shape index (κ2) is 6.02. The molecule has 0 fully saturated rings. The zero-order valence-corrected chi connectivity index (χ0v) is 9.84. The van der Waals surface area contributed by atoms with Gasteiger partial charge in [0.25, 0.3) is 0 Å². The zero-order chi connectivity index (χ0) is 11.2. The summed E-state index contributed by atoms with van der Waals surface area (Å²) >= 11 is 0. The molecule has 0 aromatic rings. The Kier molecular flexibility index (Phi) is 5.77. The molecule has 0 saturated carbocycles. The minimum absolute atomic E-state index is 0.641. The predicted molar refractivity (Wildman–Crippen MR) is 58.5 cm³/mol. The molecule has 3 nitrogen and oxygen atoms in total. The summed E-state index contributed by atoms with van der Waals surface area (Å²) in [6.07, 6.45) is 2.33. The quantitative estimate of drug-likeness (QED) is 0.687. The molecule has 0 aliphatic carbocycles. The fraction of sp³-hybridized carbons (Fsp3) is 0.909. The van der Waals surface area contributed by atoms with Crippen LogP contribution in [0.25, 0.3) is 0 Å². The van der Waals surface area contributed by atoms with E-state index in [0.717, 1.165) is 25.9 Å². The lowest BCUT2D eigenvalue weighted by molar-refractivity contribution is -0.152. The van der Waals surface area contributed by atoms with Crippen LogP contribution in [-0.2, 0) is 4.79 Å². The van der Waals surface area contributed by atoms with E-state index < -0.39 is 11.5 Å². The highest BCUT2D eigenvalue weighted by molar-refractivity contribution is 5.78. The average molecular weight is 201 g/mol. The van der Waals surface area contributed by atoms with Crippen LogP contribution >= 0.6 is 0 Å². The van der Waals surface area contributed by atoms with Crippen LogP contribution in [0.4, 0.5) is 0 Å². The van der Waals surface area contributed by atoms with Crippen molar-refractivity contribution in [2.75, 3.05) is 13.1 Å². The van der Waals surface area contributed by atoms with E-state index in [1.165, 1.54) is 0 Å². The molecule has 0 aliphatic rings. The van der Waals surface area contributed by atoms with E-state index in [1.807, 2.05) is 27.7 Å². The highest BCUT2D eigenvalue weighted by atomic mass is 16.4. The standard InChI is InChI=1S/C11H23NO2/c1-5-9-11(6-2,10(13)14)12(7-3)8-4/h5-9H2,1-4H3,(H,13,14). The molecule has 1 atom stereocenters. The minimum atomic E-state index is -0.675. The fourth-order valence-electron chi connectivity index (χ4n) is 2.19. The third-order valence-electron chi connectivity index (χ3n) is 3.02. The Morgan fingerprint density at radius 2 is 1.71 bits per heavy atom. The molecule has 0 aromatic heterocycles. The van der Waals surface area contributed by atoms with Gasteiger partial charge in [0.15, 0.2) is 0 Å². The van der Waals surface area contributed by atoms with Crippen molar-refractivity contribution in [2.45, 2.75) is 52.5 Å². The van der Waals surface area contributed by atoms with Crippen molar-refractivity contribution in [1.82, 2.24) is 4.90 Å². The first kappa shape index (κ1) is 13.4. The Morgan fingerprint density at radius 3 is 1.93 bits per heavy atom. The van der Waals surface area contributed by atoms with Crippen LogP contribution in [-0.4, -0.2) is 34.6 Å². The van der Waals surface area contributed by atoms with E-state index in [4.69, 9.17) is 0 Å². The molecule has 3 heteroatoms. The van der Waals surface area contributed by atoms with Crippen LogP contribution in [0.2, 0.25) is 0 Å². The highest BCUT2D eigenvalue weighted by Crippen LogP contribution is 2.25. The number of nitrogens with zero attached hydrogens (tertiary/aromatic N) is 1. The van der Waals surface area contributed by atoms with Crippen molar-refractivity contribution >= 4 is 5.97 Å². The molecular formula is C11H23NO2. The zero-order valence-electron chi connectivity index (χ0n) is 9.84. The molecule has 84 valence electrons. The summed E-state index contributed by atoms with van der Waals surface area (Å²) in [4.78, 5) is 13.4. The number of hydrogen-bond acceptors (Lipinski definition) is 2. The first-order valence-corrected chi connectivity index (χ1v) is 5.57. The number of likely N-dealkylation sites (N-methyl/N-ethyl adjacent to an activating group) is 1. The topological polar surface area (TPSA) is 40.5 Å². The third kappa shape index (κ3) is 2.47. The number of carbonyl (C=O) groups is 1. The monoisotopic (exact) mass is 201 g/mol. The molecule has 0 bridgehead atoms. The lowest BCUT2D eigenvalue weighted by Gasteiger charge is -2.39. The SMILES string of the molecule is CCCC(CC)(C(=O)O)N(CC)CC. The molecule has 0 amide bonds. The summed E-state index contributed by atoms with van der Waals surface area (Å²) in [5.74, 6) is -0.675. The average Bonchev–Trinajstić information content (AvgIpc) is 2.17. The van der Waals surface area contributed by atoms with Crippen LogP contribution < -0.4 is 0 Å². The molecule has 1 unspecified atom stereocenters. The maximum atomic E-state index is 11.4. The van der Waals surface area contributed by atoms with Gasteiger partial charge in [-0.25, -0.2) is 0 Å². The largest absolute Gasteiger partial charge is 0.480 e. The number of aliphatic carboxylic acids is 1. The van der Waals surface area contributed by atoms with Crippen LogP contribution in [0.3, 0.4) is 0 Å². The fourth-order valence-corrected chi connectivity index (χ4v) is 2.19. The maximum Gasteiger partial charge on any atom is 0.324 e. The number of hydrogen-bond donors (Lipinski definition) is 1. The molecular weight excluding hydrogens is 178 g/mol. The summed E-state index contributed by atoms with van der Waals surface area (Å²) in [6, 6.07) is 0. The second-order valence-corrected chi connectivity index (χ2v) is 3.61. The van der Waals surface area contributed by atoms with Gasteiger partial charge in [-0.3, -0.25) is 9.69 Å². The Hall–Kier alpha value is -0.570. The van der Waals surface area contributed by atoms with Gasteiger partial charge in [0.2, 0.25) is 0 Å². The van der Waals surface area contributed by atoms with E-state index >= 15 is 0 Å². The molecule has 0 spiro atoms. The first-order chi connectivity index (χ1) is 6.58. The van der Waals surface area contributed by atoms with Crippen molar-refractivity contribution < 1.29 is 9.90 Å². The molecule has 0 heterocycles. The van der Waals surface area contributed by atoms with Crippen LogP contribution in [0.1, 0.15) is 47.0 Å². The number of carboxylic acid groups (broad SMARTS) is 1. The van der Waals surface area contributed by atoms with Crippen molar-refractivity contribution in [1.29, 1.82) is 0 Å². The van der Waals surface area contributed by atoms with E-state index in [-0.39, 0.29) is 0 Å². The van der Waals surface area contributed by atoms with Gasteiger partial charge in [0.1, 0.15) is 5.54 Å². The summed E-state index contributed by atoms with van der Waals surface area (Å²) in [5, 5.41) is 9.35. The molecule has 0 aromatic carbocycles. The van der Waals surface area contributed by atoms with Gasteiger partial charge in [-0.15, -0.1) is 0 Å². The van der Waals surface area contributed by atoms with Crippen molar-refractivity contribution in [3.05, 3.63) is 0 Å². The van der Waals surface area contributed by atoms with Crippen LogP contribution in [0.5, 0.6) is 0 Å². The van der Waals surface area contributed by atoms with Gasteiger partial charge in [-0.05, 0) is 25.9 Å². The lowest BCUT2D eigenvalue weighted by atomic mass is 9.88. The minimum Gasteiger partial charge on any atom is -0.480 e. The number of rotatable bonds is 7. The van der Waals surface area contributed by atoms with Gasteiger partial charge in [-0.1, -0.05) is 34.1 Å². The van der Waals surface area contributed by atoms with E-state index in [1.54, 1.807) is 0 Å². The van der Waals surface area contributed by atoms with E-state index in [9.17, 15) is 9.90 Å². The molecule has 0 aliphatic heterocycles. The molecule has 0 rings (SSSR count). The van der Waals surface area contributed by atoms with Crippen molar-refractivity contribution in [3.63, 3.8) is 0 Å². The normalized spacial score (nSPS) is 15.5. The Balaban J connectivity index is 4.89. The van der Waals surface area contributed by atoms with Crippen LogP contribution in [0, 0.1) is 0 Å². The smallest absolute Gasteiger partial charge is 0.324 e. The van der Waals surface area contributed by atoms with Crippen molar-refractivity contribution in [3.8, 4) is 0 Å².